The smallest absolute Gasteiger partial charge is 0.322 e. The van der Waals surface area contributed by atoms with Gasteiger partial charge in [0.25, 0.3) is 5.91 Å². The first-order chi connectivity index (χ1) is 9.12. The lowest BCUT2D eigenvalue weighted by molar-refractivity contribution is -0.143. The van der Waals surface area contributed by atoms with E-state index in [4.69, 9.17) is 4.74 Å². The largest absolute Gasteiger partial charge is 0.468 e. The minimum Gasteiger partial charge on any atom is -0.468 e. The van der Waals surface area contributed by atoms with Gasteiger partial charge in [0.15, 0.2) is 0 Å². The van der Waals surface area contributed by atoms with Crippen LogP contribution in [0.4, 0.5) is 0 Å². The van der Waals surface area contributed by atoms with Gasteiger partial charge in [0.1, 0.15) is 6.04 Å². The molecular weight excluding hydrogens is 244 g/mol. The van der Waals surface area contributed by atoms with Crippen molar-refractivity contribution in [3.63, 3.8) is 0 Å². The highest BCUT2D eigenvalue weighted by Crippen LogP contribution is 2.05. The third kappa shape index (κ3) is 4.37. The zero-order valence-electron chi connectivity index (χ0n) is 11.5. The van der Waals surface area contributed by atoms with Crippen LogP contribution >= 0.6 is 0 Å². The number of carbonyl (C=O) groups is 2. The molecule has 0 saturated heterocycles. The molecule has 0 aromatic heterocycles. The maximum absolute atomic E-state index is 11.4. The summed E-state index contributed by atoms with van der Waals surface area (Å²) in [5.41, 5.74) is 1.63. The Morgan fingerprint density at radius 1 is 1.26 bits per heavy atom. The Balaban J connectivity index is 2.58. The molecule has 0 heterocycles. The quantitative estimate of drug-likeness (QED) is 0.755. The van der Waals surface area contributed by atoms with Gasteiger partial charge in [0, 0.05) is 19.2 Å². The highest BCUT2D eigenvalue weighted by atomic mass is 16.5. The van der Waals surface area contributed by atoms with Gasteiger partial charge in [0.2, 0.25) is 0 Å². The maximum Gasteiger partial charge on any atom is 0.322 e. The number of ether oxygens (including phenoxy) is 1. The second kappa shape index (κ2) is 7.53. The Labute approximate surface area is 113 Å². The van der Waals surface area contributed by atoms with Crippen molar-refractivity contribution in [3.05, 3.63) is 35.4 Å². The topological polar surface area (TPSA) is 67.4 Å². The lowest BCUT2D eigenvalue weighted by atomic mass is 10.1. The zero-order valence-corrected chi connectivity index (χ0v) is 11.5. The number of esters is 1. The molecule has 0 aliphatic rings. The lowest BCUT2D eigenvalue weighted by Gasteiger charge is -2.14. The summed E-state index contributed by atoms with van der Waals surface area (Å²) in [5, 5.41) is 5.69. The molecule has 1 aromatic rings. The van der Waals surface area contributed by atoms with E-state index in [-0.39, 0.29) is 17.9 Å². The molecule has 0 spiro atoms. The molecule has 0 radical (unpaired) electrons. The van der Waals surface area contributed by atoms with Gasteiger partial charge in [-0.15, -0.1) is 0 Å². The van der Waals surface area contributed by atoms with Gasteiger partial charge in [-0.3, -0.25) is 9.59 Å². The van der Waals surface area contributed by atoms with Crippen molar-refractivity contribution >= 4 is 11.9 Å². The molecule has 0 fully saturated rings. The molecule has 5 nitrogen and oxygen atoms in total. The van der Waals surface area contributed by atoms with Crippen molar-refractivity contribution in [3.8, 4) is 0 Å². The fourth-order valence-electron chi connectivity index (χ4n) is 1.70. The van der Waals surface area contributed by atoms with E-state index in [9.17, 15) is 9.59 Å². The van der Waals surface area contributed by atoms with Crippen LogP contribution in [0.25, 0.3) is 0 Å². The fraction of sp³-hybridized carbons (Fsp3) is 0.429. The van der Waals surface area contributed by atoms with Crippen LogP contribution in [0.2, 0.25) is 0 Å². The molecule has 1 rings (SSSR count). The summed E-state index contributed by atoms with van der Waals surface area (Å²) in [7, 11) is 2.98. The zero-order chi connectivity index (χ0) is 14.3. The fourth-order valence-corrected chi connectivity index (χ4v) is 1.70. The Morgan fingerprint density at radius 3 is 2.37 bits per heavy atom. The van der Waals surface area contributed by atoms with Gasteiger partial charge in [-0.05, 0) is 24.1 Å². The molecule has 1 unspecified atom stereocenters. The Bertz CT molecular complexity index is 429. The number of benzene rings is 1. The number of hydrogen-bond acceptors (Lipinski definition) is 4. The predicted octanol–water partition coefficient (Wildman–Crippen LogP) is 1.09. The van der Waals surface area contributed by atoms with E-state index in [2.05, 4.69) is 10.6 Å². The average molecular weight is 264 g/mol. The molecule has 0 bridgehead atoms. The Kier molecular flexibility index (Phi) is 6.02. The van der Waals surface area contributed by atoms with E-state index >= 15 is 0 Å². The van der Waals surface area contributed by atoms with Crippen LogP contribution in [-0.4, -0.2) is 32.1 Å². The predicted molar refractivity (Wildman–Crippen MR) is 72.8 cm³/mol. The van der Waals surface area contributed by atoms with Crippen LogP contribution in [0, 0.1) is 0 Å². The van der Waals surface area contributed by atoms with E-state index in [1.165, 1.54) is 7.11 Å². The summed E-state index contributed by atoms with van der Waals surface area (Å²) in [5.74, 6) is -0.370. The molecular formula is C14H20N2O3. The number of methoxy groups -OCH3 is 1. The molecule has 0 aliphatic heterocycles. The van der Waals surface area contributed by atoms with Crippen LogP contribution in [0.5, 0.6) is 0 Å². The SMILES string of the molecule is CCC(NCc1ccc(C(=O)NC)cc1)C(=O)OC. The third-order valence-corrected chi connectivity index (χ3v) is 2.89. The van der Waals surface area contributed by atoms with Gasteiger partial charge in [0.05, 0.1) is 7.11 Å². The number of nitrogens with one attached hydrogen (secondary N) is 2. The summed E-state index contributed by atoms with van der Waals surface area (Å²) >= 11 is 0. The summed E-state index contributed by atoms with van der Waals surface area (Å²) in [6, 6.07) is 6.94. The standard InChI is InChI=1S/C14H20N2O3/c1-4-12(14(18)19-3)16-9-10-5-7-11(8-6-10)13(17)15-2/h5-8,12,16H,4,9H2,1-3H3,(H,15,17). The van der Waals surface area contributed by atoms with Gasteiger partial charge in [-0.25, -0.2) is 0 Å². The number of rotatable bonds is 6. The first-order valence-corrected chi connectivity index (χ1v) is 6.24. The molecule has 2 N–H and O–H groups in total. The summed E-state index contributed by atoms with van der Waals surface area (Å²) in [6.45, 7) is 2.48. The maximum atomic E-state index is 11.4. The van der Waals surface area contributed by atoms with Crippen molar-refractivity contribution in [2.24, 2.45) is 0 Å². The van der Waals surface area contributed by atoms with E-state index in [1.807, 2.05) is 19.1 Å². The molecule has 0 aliphatic carbocycles. The van der Waals surface area contributed by atoms with Gasteiger partial charge in [-0.2, -0.15) is 0 Å². The highest BCUT2D eigenvalue weighted by Gasteiger charge is 2.15. The van der Waals surface area contributed by atoms with E-state index in [1.54, 1.807) is 19.2 Å². The molecule has 104 valence electrons. The second-order valence-electron chi connectivity index (χ2n) is 4.14. The lowest BCUT2D eigenvalue weighted by Crippen LogP contribution is -2.36. The number of carbonyl (C=O) groups excluding carboxylic acids is 2. The molecule has 1 amide bonds. The summed E-state index contributed by atoms with van der Waals surface area (Å²) in [4.78, 5) is 22.8. The highest BCUT2D eigenvalue weighted by molar-refractivity contribution is 5.93. The third-order valence-electron chi connectivity index (χ3n) is 2.89. The molecule has 5 heteroatoms. The Hall–Kier alpha value is -1.88. The first kappa shape index (κ1) is 15.2. The van der Waals surface area contributed by atoms with Gasteiger partial charge >= 0.3 is 5.97 Å². The van der Waals surface area contributed by atoms with Crippen molar-refractivity contribution in [1.82, 2.24) is 10.6 Å². The van der Waals surface area contributed by atoms with Crippen LogP contribution in [0.1, 0.15) is 29.3 Å². The molecule has 1 atom stereocenters. The van der Waals surface area contributed by atoms with Gasteiger partial charge < -0.3 is 15.4 Å². The van der Waals surface area contributed by atoms with Crippen molar-refractivity contribution in [2.45, 2.75) is 25.9 Å². The molecule has 19 heavy (non-hydrogen) atoms. The second-order valence-corrected chi connectivity index (χ2v) is 4.14. The minimum absolute atomic E-state index is 0.111. The van der Waals surface area contributed by atoms with Crippen LogP contribution in [-0.2, 0) is 16.1 Å². The Morgan fingerprint density at radius 2 is 1.89 bits per heavy atom. The van der Waals surface area contributed by atoms with Crippen molar-refractivity contribution in [1.29, 1.82) is 0 Å². The summed E-state index contributed by atoms with van der Waals surface area (Å²) < 4.78 is 4.70. The normalized spacial score (nSPS) is 11.7. The molecule has 0 saturated carbocycles. The number of hydrogen-bond donors (Lipinski definition) is 2. The van der Waals surface area contributed by atoms with Crippen LogP contribution in [0.3, 0.4) is 0 Å². The molecule has 1 aromatic carbocycles. The first-order valence-electron chi connectivity index (χ1n) is 6.24. The minimum atomic E-state index is -0.302. The van der Waals surface area contributed by atoms with E-state index in [0.29, 0.717) is 18.5 Å². The van der Waals surface area contributed by atoms with Gasteiger partial charge in [-0.1, -0.05) is 19.1 Å². The number of amides is 1. The van der Waals surface area contributed by atoms with E-state index < -0.39 is 0 Å². The van der Waals surface area contributed by atoms with Crippen molar-refractivity contribution in [2.75, 3.05) is 14.2 Å². The van der Waals surface area contributed by atoms with Crippen molar-refractivity contribution < 1.29 is 14.3 Å². The average Bonchev–Trinajstić information content (AvgIpc) is 2.47. The van der Waals surface area contributed by atoms with E-state index in [0.717, 1.165) is 5.56 Å². The van der Waals surface area contributed by atoms with Crippen LogP contribution in [0.15, 0.2) is 24.3 Å². The van der Waals surface area contributed by atoms with Crippen LogP contribution < -0.4 is 10.6 Å². The summed E-state index contributed by atoms with van der Waals surface area (Å²) in [6.07, 6.45) is 0.670. The monoisotopic (exact) mass is 264 g/mol.